The van der Waals surface area contributed by atoms with Crippen LogP contribution >= 0.6 is 11.3 Å². The largest absolute Gasteiger partial charge is 0.507 e. The van der Waals surface area contributed by atoms with E-state index in [1.54, 1.807) is 49.4 Å². The molecule has 2 atom stereocenters. The third-order valence-electron chi connectivity index (χ3n) is 6.62. The molecule has 39 heavy (non-hydrogen) atoms. The SMILES string of the molecule is CCCOc1cccc(C2/C(=C(/O)c3ccc4c(c3)CC(C)O4)C(=O)C(=O)N2c2nc(C)c(C(=O)OC)s2)c1. The minimum Gasteiger partial charge on any atom is -0.507 e. The van der Waals surface area contributed by atoms with E-state index in [0.29, 0.717) is 35.6 Å². The number of aliphatic hydroxyl groups excluding tert-OH is 1. The minimum atomic E-state index is -1.00. The maximum Gasteiger partial charge on any atom is 0.350 e. The predicted octanol–water partition coefficient (Wildman–Crippen LogP) is 4.98. The van der Waals surface area contributed by atoms with Crippen molar-refractivity contribution in [1.29, 1.82) is 0 Å². The second-order valence-corrected chi connectivity index (χ2v) is 10.4. The number of aliphatic hydroxyl groups is 1. The number of nitrogens with zero attached hydrogens (tertiary/aromatic N) is 2. The van der Waals surface area contributed by atoms with Crippen molar-refractivity contribution in [1.82, 2.24) is 4.98 Å². The van der Waals surface area contributed by atoms with Gasteiger partial charge in [-0.15, -0.1) is 0 Å². The second-order valence-electron chi connectivity index (χ2n) is 9.45. The van der Waals surface area contributed by atoms with E-state index < -0.39 is 23.7 Å². The van der Waals surface area contributed by atoms with Crippen LogP contribution in [0.3, 0.4) is 0 Å². The molecule has 2 aliphatic heterocycles. The molecule has 0 saturated carbocycles. The fraction of sp³-hybridized carbons (Fsp3) is 0.310. The number of aromatic nitrogens is 1. The van der Waals surface area contributed by atoms with Gasteiger partial charge in [-0.1, -0.05) is 30.4 Å². The standard InChI is InChI=1S/C29H28N2O7S/c1-5-11-37-20-8-6-7-17(14-20)23-22(24(32)18-9-10-21-19(13-18)12-15(2)38-21)25(33)27(34)31(23)29-30-16(3)26(39-29)28(35)36-4/h6-10,13-15,23,32H,5,11-12H2,1-4H3/b24-22-. The Kier molecular flexibility index (Phi) is 7.14. The number of fused-ring (bicyclic) bond motifs is 1. The van der Waals surface area contributed by atoms with Crippen LogP contribution in [0.4, 0.5) is 5.13 Å². The Bertz CT molecular complexity index is 1510. The summed E-state index contributed by atoms with van der Waals surface area (Å²) in [5, 5.41) is 11.7. The number of anilines is 1. The topological polar surface area (TPSA) is 115 Å². The number of methoxy groups -OCH3 is 1. The number of benzene rings is 2. The summed E-state index contributed by atoms with van der Waals surface area (Å²) in [6.07, 6.45) is 1.48. The number of ether oxygens (including phenoxy) is 3. The molecule has 202 valence electrons. The molecule has 10 heteroatoms. The lowest BCUT2D eigenvalue weighted by Crippen LogP contribution is -2.29. The molecule has 0 spiro atoms. The molecule has 9 nitrogen and oxygen atoms in total. The summed E-state index contributed by atoms with van der Waals surface area (Å²) < 4.78 is 16.4. The van der Waals surface area contributed by atoms with E-state index in [1.807, 2.05) is 13.8 Å². The summed E-state index contributed by atoms with van der Waals surface area (Å²) in [5.74, 6) is -1.31. The molecular weight excluding hydrogens is 520 g/mol. The first-order valence-electron chi connectivity index (χ1n) is 12.6. The first-order chi connectivity index (χ1) is 18.7. The van der Waals surface area contributed by atoms with Crippen molar-refractivity contribution >= 4 is 39.9 Å². The molecular formula is C29H28N2O7S. The number of amides is 1. The molecule has 2 unspecified atom stereocenters. The van der Waals surface area contributed by atoms with Gasteiger partial charge in [-0.25, -0.2) is 9.78 Å². The summed E-state index contributed by atoms with van der Waals surface area (Å²) in [4.78, 5) is 45.2. The molecule has 1 saturated heterocycles. The molecule has 1 N–H and O–H groups in total. The van der Waals surface area contributed by atoms with Crippen LogP contribution in [0, 0.1) is 6.92 Å². The molecule has 1 amide bonds. The van der Waals surface area contributed by atoms with Crippen LogP contribution < -0.4 is 14.4 Å². The number of Topliss-reactive ketones (excluding diaryl/α,β-unsaturated/α-hetero) is 1. The van der Waals surface area contributed by atoms with Gasteiger partial charge in [-0.2, -0.15) is 0 Å². The zero-order valence-electron chi connectivity index (χ0n) is 22.0. The van der Waals surface area contributed by atoms with Gasteiger partial charge in [0, 0.05) is 12.0 Å². The Morgan fingerprint density at radius 1 is 1.23 bits per heavy atom. The molecule has 1 fully saturated rings. The summed E-state index contributed by atoms with van der Waals surface area (Å²) in [5.41, 5.74) is 2.15. The number of aryl methyl sites for hydroxylation is 1. The Morgan fingerprint density at radius 2 is 2.03 bits per heavy atom. The van der Waals surface area contributed by atoms with Crippen LogP contribution in [0.15, 0.2) is 48.0 Å². The van der Waals surface area contributed by atoms with Crippen LogP contribution in [0.5, 0.6) is 11.5 Å². The van der Waals surface area contributed by atoms with Crippen LogP contribution in [0.1, 0.15) is 58.4 Å². The van der Waals surface area contributed by atoms with E-state index >= 15 is 0 Å². The van der Waals surface area contributed by atoms with Crippen LogP contribution in [0.25, 0.3) is 5.76 Å². The normalized spacial score (nSPS) is 19.6. The summed E-state index contributed by atoms with van der Waals surface area (Å²) in [7, 11) is 1.26. The summed E-state index contributed by atoms with van der Waals surface area (Å²) in [6, 6.07) is 11.3. The van der Waals surface area contributed by atoms with E-state index in [9.17, 15) is 19.5 Å². The maximum atomic E-state index is 13.5. The van der Waals surface area contributed by atoms with Crippen LogP contribution in [-0.2, 0) is 20.7 Å². The second kappa shape index (κ2) is 10.5. The number of rotatable bonds is 7. The third-order valence-corrected chi connectivity index (χ3v) is 7.76. The molecule has 0 aliphatic carbocycles. The molecule has 2 aliphatic rings. The highest BCUT2D eigenvalue weighted by atomic mass is 32.1. The number of carbonyl (C=O) groups excluding carboxylic acids is 3. The number of ketones is 1. The van der Waals surface area contributed by atoms with Crippen molar-refractivity contribution < 1.29 is 33.7 Å². The Balaban J connectivity index is 1.67. The number of esters is 1. The zero-order valence-corrected chi connectivity index (χ0v) is 22.8. The molecule has 3 aromatic rings. The van der Waals surface area contributed by atoms with Gasteiger partial charge in [0.25, 0.3) is 5.78 Å². The van der Waals surface area contributed by atoms with E-state index in [4.69, 9.17) is 14.2 Å². The van der Waals surface area contributed by atoms with Crippen molar-refractivity contribution in [3.05, 3.63) is 75.3 Å². The molecule has 3 heterocycles. The van der Waals surface area contributed by atoms with Crippen molar-refractivity contribution in [2.75, 3.05) is 18.6 Å². The summed E-state index contributed by atoms with van der Waals surface area (Å²) >= 11 is 0.953. The van der Waals surface area contributed by atoms with Crippen molar-refractivity contribution in [3.63, 3.8) is 0 Å². The molecule has 0 radical (unpaired) electrons. The maximum absolute atomic E-state index is 13.5. The quantitative estimate of drug-likeness (QED) is 0.190. The van der Waals surface area contributed by atoms with E-state index in [1.165, 1.54) is 12.0 Å². The van der Waals surface area contributed by atoms with Gasteiger partial charge in [-0.3, -0.25) is 14.5 Å². The molecule has 5 rings (SSSR count). The predicted molar refractivity (Wildman–Crippen MR) is 145 cm³/mol. The Morgan fingerprint density at radius 3 is 2.77 bits per heavy atom. The Labute approximate surface area is 229 Å². The smallest absolute Gasteiger partial charge is 0.350 e. The van der Waals surface area contributed by atoms with Crippen molar-refractivity contribution in [2.45, 2.75) is 45.8 Å². The minimum absolute atomic E-state index is 0.00554. The first kappa shape index (κ1) is 26.4. The number of thiazole rings is 1. The lowest BCUT2D eigenvalue weighted by atomic mass is 9.94. The van der Waals surface area contributed by atoms with Crippen molar-refractivity contribution in [2.24, 2.45) is 0 Å². The van der Waals surface area contributed by atoms with Crippen molar-refractivity contribution in [3.8, 4) is 11.5 Å². The third kappa shape index (κ3) is 4.76. The summed E-state index contributed by atoms with van der Waals surface area (Å²) in [6.45, 7) is 6.07. The van der Waals surface area contributed by atoms with Crippen LogP contribution in [0.2, 0.25) is 0 Å². The lowest BCUT2D eigenvalue weighted by molar-refractivity contribution is -0.132. The highest BCUT2D eigenvalue weighted by Crippen LogP contribution is 2.45. The molecule has 0 bridgehead atoms. The van der Waals surface area contributed by atoms with Crippen LogP contribution in [-0.4, -0.2) is 47.6 Å². The van der Waals surface area contributed by atoms with Gasteiger partial charge in [-0.05, 0) is 61.7 Å². The van der Waals surface area contributed by atoms with E-state index in [2.05, 4.69) is 4.98 Å². The van der Waals surface area contributed by atoms with Gasteiger partial charge in [0.05, 0.1) is 31.0 Å². The highest BCUT2D eigenvalue weighted by Gasteiger charge is 2.48. The monoisotopic (exact) mass is 548 g/mol. The van der Waals surface area contributed by atoms with E-state index in [0.717, 1.165) is 29.1 Å². The fourth-order valence-electron chi connectivity index (χ4n) is 4.83. The van der Waals surface area contributed by atoms with E-state index in [-0.39, 0.29) is 27.4 Å². The average molecular weight is 549 g/mol. The zero-order chi connectivity index (χ0) is 27.8. The molecule has 2 aromatic carbocycles. The number of hydrogen-bond acceptors (Lipinski definition) is 9. The average Bonchev–Trinajstić information content (AvgIpc) is 3.58. The highest BCUT2D eigenvalue weighted by molar-refractivity contribution is 7.17. The van der Waals surface area contributed by atoms with Gasteiger partial charge in [0.1, 0.15) is 28.2 Å². The molecule has 1 aromatic heterocycles. The Hall–Kier alpha value is -4.18. The van der Waals surface area contributed by atoms with Gasteiger partial charge in [0.15, 0.2) is 5.13 Å². The van der Waals surface area contributed by atoms with Gasteiger partial charge >= 0.3 is 11.9 Å². The number of carbonyl (C=O) groups is 3. The first-order valence-corrected chi connectivity index (χ1v) is 13.4. The lowest BCUT2D eigenvalue weighted by Gasteiger charge is -2.23. The van der Waals surface area contributed by atoms with Gasteiger partial charge < -0.3 is 19.3 Å². The fourth-order valence-corrected chi connectivity index (χ4v) is 5.84. The van der Waals surface area contributed by atoms with Gasteiger partial charge in [0.2, 0.25) is 0 Å². The number of hydrogen-bond donors (Lipinski definition) is 1.